The average molecular weight is 416 g/mol. The van der Waals surface area contributed by atoms with Crippen molar-refractivity contribution in [2.45, 2.75) is 58.9 Å². The summed E-state index contributed by atoms with van der Waals surface area (Å²) in [7, 11) is 0. The second kappa shape index (κ2) is 9.09. The van der Waals surface area contributed by atoms with Crippen molar-refractivity contribution in [3.8, 4) is 0 Å². The first-order valence-corrected chi connectivity index (χ1v) is 11.5. The Kier molecular flexibility index (Phi) is 6.26. The molecule has 1 amide bonds. The number of aromatic nitrogens is 1. The van der Waals surface area contributed by atoms with E-state index in [-0.39, 0.29) is 11.9 Å². The van der Waals surface area contributed by atoms with Crippen molar-refractivity contribution in [1.29, 1.82) is 0 Å². The van der Waals surface area contributed by atoms with Gasteiger partial charge in [-0.1, -0.05) is 70.9 Å². The lowest BCUT2D eigenvalue weighted by molar-refractivity contribution is 0.0892. The summed E-state index contributed by atoms with van der Waals surface area (Å²) >= 11 is 0. The number of carbonyl (C=O) groups is 1. The van der Waals surface area contributed by atoms with Crippen LogP contribution in [0.1, 0.15) is 68.8 Å². The molecule has 0 aliphatic heterocycles. The summed E-state index contributed by atoms with van der Waals surface area (Å²) in [6, 6.07) is 18.4. The molecule has 4 rings (SSSR count). The molecule has 3 aromatic rings. The van der Waals surface area contributed by atoms with E-state index in [9.17, 15) is 4.79 Å². The Morgan fingerprint density at radius 3 is 2.52 bits per heavy atom. The number of para-hydroxylation sites is 1. The third kappa shape index (κ3) is 4.73. The first-order valence-electron chi connectivity index (χ1n) is 11.5. The Balaban J connectivity index is 1.62. The molecule has 0 radical (unpaired) electrons. The first-order chi connectivity index (χ1) is 14.9. The molecule has 2 aromatic carbocycles. The van der Waals surface area contributed by atoms with Crippen molar-refractivity contribution in [3.63, 3.8) is 0 Å². The number of fused-ring (bicyclic) bond motifs is 1. The van der Waals surface area contributed by atoms with Crippen LogP contribution in [0.3, 0.4) is 0 Å². The van der Waals surface area contributed by atoms with Crippen LogP contribution in [-0.4, -0.2) is 16.9 Å². The van der Waals surface area contributed by atoms with Crippen LogP contribution in [0.15, 0.2) is 54.6 Å². The Morgan fingerprint density at radius 2 is 1.77 bits per heavy atom. The molecule has 0 bridgehead atoms. The molecule has 0 unspecified atom stereocenters. The lowest BCUT2D eigenvalue weighted by Gasteiger charge is -2.34. The molecule has 31 heavy (non-hydrogen) atoms. The van der Waals surface area contributed by atoms with E-state index in [2.05, 4.69) is 62.6 Å². The molecule has 1 fully saturated rings. The van der Waals surface area contributed by atoms with E-state index in [0.29, 0.717) is 29.1 Å². The van der Waals surface area contributed by atoms with Gasteiger partial charge in [0, 0.05) is 17.1 Å². The van der Waals surface area contributed by atoms with Gasteiger partial charge in [-0.15, -0.1) is 0 Å². The molecule has 3 atom stereocenters. The van der Waals surface area contributed by atoms with Crippen molar-refractivity contribution >= 4 is 28.3 Å². The highest BCUT2D eigenvalue weighted by atomic mass is 16.1. The fraction of sp³-hybridized carbons (Fsp3) is 0.407. The van der Waals surface area contributed by atoms with Crippen LogP contribution in [-0.2, 0) is 0 Å². The third-order valence-corrected chi connectivity index (χ3v) is 6.83. The first kappa shape index (κ1) is 21.4. The summed E-state index contributed by atoms with van der Waals surface area (Å²) < 4.78 is 0. The van der Waals surface area contributed by atoms with Gasteiger partial charge in [0.2, 0.25) is 0 Å². The zero-order chi connectivity index (χ0) is 22.0. The molecule has 0 spiro atoms. The molecule has 162 valence electrons. The molecule has 0 saturated heterocycles. The molecule has 2 N–H and O–H groups in total. The van der Waals surface area contributed by atoms with Gasteiger partial charge in [-0.2, -0.15) is 0 Å². The minimum atomic E-state index is -0.0113. The van der Waals surface area contributed by atoms with Gasteiger partial charge in [0.05, 0.1) is 11.1 Å². The maximum Gasteiger partial charge on any atom is 0.252 e. The monoisotopic (exact) mass is 415 g/mol. The van der Waals surface area contributed by atoms with Crippen molar-refractivity contribution in [3.05, 3.63) is 65.7 Å². The lowest BCUT2D eigenvalue weighted by Crippen LogP contribution is -2.43. The number of nitrogens with zero attached hydrogens (tertiary/aromatic N) is 1. The minimum Gasteiger partial charge on any atom is -0.349 e. The number of benzene rings is 2. The lowest BCUT2D eigenvalue weighted by atomic mass is 9.78. The molecule has 4 heteroatoms. The van der Waals surface area contributed by atoms with Gasteiger partial charge in [0.15, 0.2) is 0 Å². The predicted octanol–water partition coefficient (Wildman–Crippen LogP) is 6.66. The molecule has 1 saturated carbocycles. The number of rotatable bonds is 5. The topological polar surface area (TPSA) is 54.0 Å². The van der Waals surface area contributed by atoms with E-state index in [0.717, 1.165) is 23.0 Å². The Hall–Kier alpha value is -2.88. The number of nitrogens with one attached hydrogen (secondary N) is 2. The van der Waals surface area contributed by atoms with Crippen molar-refractivity contribution in [2.24, 2.45) is 11.8 Å². The highest BCUT2D eigenvalue weighted by Gasteiger charge is 2.29. The number of hydrogen-bond acceptors (Lipinski definition) is 3. The number of amides is 1. The van der Waals surface area contributed by atoms with Crippen molar-refractivity contribution in [1.82, 2.24) is 10.3 Å². The summed E-state index contributed by atoms with van der Waals surface area (Å²) in [4.78, 5) is 18.1. The van der Waals surface area contributed by atoms with E-state index in [1.54, 1.807) is 0 Å². The summed E-state index contributed by atoms with van der Waals surface area (Å²) in [6.45, 7) is 8.92. The predicted molar refractivity (Wildman–Crippen MR) is 129 cm³/mol. The standard InChI is InChI=1S/C27H33N3O/c1-17(2)20-12-14-21(15-13-20)28-26-16-23(22-9-5-6-10-25(22)29-26)27(31)30-24-11-7-8-18(3)19(24)4/h5-6,9-10,12-19,24H,7-8,11H2,1-4H3,(H,28,29)(H,30,31)/t18-,19+,24+/m0/s1. The summed E-state index contributed by atoms with van der Waals surface area (Å²) in [5, 5.41) is 7.60. The number of carbonyl (C=O) groups excluding carboxylic acids is 1. The average Bonchev–Trinajstić information content (AvgIpc) is 2.76. The summed E-state index contributed by atoms with van der Waals surface area (Å²) in [6.07, 6.45) is 3.47. The third-order valence-electron chi connectivity index (χ3n) is 6.83. The Morgan fingerprint density at radius 1 is 1.03 bits per heavy atom. The molecule has 1 aliphatic carbocycles. The number of anilines is 2. The second-order valence-corrected chi connectivity index (χ2v) is 9.32. The Labute approximate surface area is 185 Å². The van der Waals surface area contributed by atoms with Crippen LogP contribution in [0.25, 0.3) is 10.9 Å². The van der Waals surface area contributed by atoms with E-state index < -0.39 is 0 Å². The molecular weight excluding hydrogens is 382 g/mol. The van der Waals surface area contributed by atoms with Gasteiger partial charge in [-0.3, -0.25) is 4.79 Å². The molecule has 1 aromatic heterocycles. The number of hydrogen-bond donors (Lipinski definition) is 2. The van der Waals surface area contributed by atoms with Crippen LogP contribution in [0.2, 0.25) is 0 Å². The summed E-state index contributed by atoms with van der Waals surface area (Å²) in [5.41, 5.74) is 3.76. The highest BCUT2D eigenvalue weighted by Crippen LogP contribution is 2.30. The van der Waals surface area contributed by atoms with E-state index in [1.807, 2.05) is 30.3 Å². The number of pyridine rings is 1. The van der Waals surface area contributed by atoms with E-state index in [4.69, 9.17) is 4.98 Å². The van der Waals surface area contributed by atoms with Gasteiger partial charge in [0.25, 0.3) is 5.91 Å². The van der Waals surface area contributed by atoms with Gasteiger partial charge >= 0.3 is 0 Å². The fourth-order valence-electron chi connectivity index (χ4n) is 4.56. The van der Waals surface area contributed by atoms with Crippen LogP contribution in [0.4, 0.5) is 11.5 Å². The molecular formula is C27H33N3O. The maximum atomic E-state index is 13.3. The smallest absolute Gasteiger partial charge is 0.252 e. The van der Waals surface area contributed by atoms with Crippen LogP contribution >= 0.6 is 0 Å². The zero-order valence-corrected chi connectivity index (χ0v) is 19.0. The largest absolute Gasteiger partial charge is 0.349 e. The quantitative estimate of drug-likeness (QED) is 0.490. The molecule has 4 nitrogen and oxygen atoms in total. The van der Waals surface area contributed by atoms with Crippen LogP contribution < -0.4 is 10.6 Å². The molecule has 1 heterocycles. The minimum absolute atomic E-state index is 0.0113. The van der Waals surface area contributed by atoms with Gasteiger partial charge in [-0.25, -0.2) is 4.98 Å². The zero-order valence-electron chi connectivity index (χ0n) is 19.0. The molecule has 1 aliphatic rings. The van der Waals surface area contributed by atoms with Crippen molar-refractivity contribution < 1.29 is 4.79 Å². The normalized spacial score (nSPS) is 21.3. The van der Waals surface area contributed by atoms with Gasteiger partial charge in [-0.05, 0) is 54.0 Å². The fourth-order valence-corrected chi connectivity index (χ4v) is 4.56. The Bertz CT molecular complexity index is 1060. The summed E-state index contributed by atoms with van der Waals surface area (Å²) in [5.74, 6) is 2.30. The van der Waals surface area contributed by atoms with Crippen LogP contribution in [0, 0.1) is 11.8 Å². The van der Waals surface area contributed by atoms with Crippen LogP contribution in [0.5, 0.6) is 0 Å². The maximum absolute atomic E-state index is 13.3. The van der Waals surface area contributed by atoms with Crippen molar-refractivity contribution in [2.75, 3.05) is 5.32 Å². The second-order valence-electron chi connectivity index (χ2n) is 9.32. The van der Waals surface area contributed by atoms with E-state index >= 15 is 0 Å². The highest BCUT2D eigenvalue weighted by molar-refractivity contribution is 6.07. The van der Waals surface area contributed by atoms with Gasteiger partial charge < -0.3 is 10.6 Å². The van der Waals surface area contributed by atoms with E-state index in [1.165, 1.54) is 18.4 Å². The van der Waals surface area contributed by atoms with Gasteiger partial charge in [0.1, 0.15) is 5.82 Å². The SMILES string of the molecule is CC(C)c1ccc(Nc2cc(C(=O)N[C@@H]3CCC[C@H](C)[C@H]3C)c3ccccc3n2)cc1.